The summed E-state index contributed by atoms with van der Waals surface area (Å²) in [6, 6.07) is 4.21. The van der Waals surface area contributed by atoms with Gasteiger partial charge in [0.05, 0.1) is 25.5 Å². The number of rotatable bonds is 7. The fraction of sp³-hybridized carbons (Fsp3) is 0.286. The maximum Gasteiger partial charge on any atom is 0.339 e. The van der Waals surface area contributed by atoms with Crippen molar-refractivity contribution < 1.29 is 33.0 Å². The van der Waals surface area contributed by atoms with Crippen molar-refractivity contribution in [3.8, 4) is 5.75 Å². The van der Waals surface area contributed by atoms with Crippen LogP contribution in [0.25, 0.3) is 6.08 Å². The van der Waals surface area contributed by atoms with E-state index in [1.54, 1.807) is 19.9 Å². The van der Waals surface area contributed by atoms with Gasteiger partial charge in [0.25, 0.3) is 0 Å². The molecule has 0 bridgehead atoms. The van der Waals surface area contributed by atoms with E-state index in [9.17, 15) is 18.8 Å². The Balaban J connectivity index is 2.09. The van der Waals surface area contributed by atoms with Crippen LogP contribution >= 0.6 is 0 Å². The van der Waals surface area contributed by atoms with Crippen LogP contribution < -0.4 is 4.74 Å². The highest BCUT2D eigenvalue weighted by molar-refractivity contribution is 6.04. The Morgan fingerprint density at radius 2 is 1.86 bits per heavy atom. The quantitative estimate of drug-likeness (QED) is 0.433. The topological polar surface area (TPSA) is 94.7 Å². The number of esters is 2. The maximum atomic E-state index is 13.7. The van der Waals surface area contributed by atoms with Gasteiger partial charge in [-0.1, -0.05) is 6.07 Å². The van der Waals surface area contributed by atoms with E-state index >= 15 is 0 Å². The fourth-order valence-corrected chi connectivity index (χ4v) is 2.83. The van der Waals surface area contributed by atoms with Crippen molar-refractivity contribution >= 4 is 23.8 Å². The summed E-state index contributed by atoms with van der Waals surface area (Å²) in [7, 11) is 2.60. The molecule has 0 unspecified atom stereocenters. The number of H-pyrrole nitrogens is 1. The highest BCUT2D eigenvalue weighted by atomic mass is 19.1. The number of carbonyl (C=O) groups excluding carboxylic acids is 3. The molecule has 0 spiro atoms. The molecule has 1 aromatic carbocycles. The Kier molecular flexibility index (Phi) is 6.93. The molecular formula is C21H22FNO6. The van der Waals surface area contributed by atoms with Crippen LogP contribution in [0.15, 0.2) is 24.3 Å². The van der Waals surface area contributed by atoms with E-state index in [2.05, 4.69) is 4.98 Å². The minimum atomic E-state index is -1.10. The molecule has 2 rings (SSSR count). The van der Waals surface area contributed by atoms with Gasteiger partial charge in [-0.15, -0.1) is 0 Å². The van der Waals surface area contributed by atoms with Crippen molar-refractivity contribution in [2.45, 2.75) is 26.9 Å². The summed E-state index contributed by atoms with van der Waals surface area (Å²) in [4.78, 5) is 39.3. The number of carbonyl (C=O) groups is 3. The third-order valence-corrected chi connectivity index (χ3v) is 4.32. The molecule has 0 saturated carbocycles. The molecule has 0 aliphatic heterocycles. The van der Waals surface area contributed by atoms with Crippen molar-refractivity contribution in [3.63, 3.8) is 0 Å². The third kappa shape index (κ3) is 4.90. The summed E-state index contributed by atoms with van der Waals surface area (Å²) in [5.74, 6) is -2.29. The zero-order valence-electron chi connectivity index (χ0n) is 16.8. The second-order valence-corrected chi connectivity index (χ2v) is 6.29. The summed E-state index contributed by atoms with van der Waals surface area (Å²) >= 11 is 0. The monoisotopic (exact) mass is 403 g/mol. The number of halogens is 1. The van der Waals surface area contributed by atoms with Crippen molar-refractivity contribution in [1.82, 2.24) is 4.98 Å². The molecule has 8 heteroatoms. The molecule has 7 nitrogen and oxygen atoms in total. The van der Waals surface area contributed by atoms with Gasteiger partial charge in [-0.2, -0.15) is 0 Å². The number of ether oxygens (including phenoxy) is 3. The number of aromatic nitrogens is 1. The van der Waals surface area contributed by atoms with Crippen LogP contribution in [0.2, 0.25) is 0 Å². The van der Waals surface area contributed by atoms with E-state index in [4.69, 9.17) is 14.2 Å². The smallest absolute Gasteiger partial charge is 0.339 e. The van der Waals surface area contributed by atoms with Crippen molar-refractivity contribution in [2.24, 2.45) is 0 Å². The lowest BCUT2D eigenvalue weighted by atomic mass is 10.1. The SMILES string of the molecule is COC(=O)c1c(C)[nH]c(C(=O)[C@@H](C)OC(=O)/C=C/c2ccc(OC)c(F)c2)c1C. The van der Waals surface area contributed by atoms with Gasteiger partial charge < -0.3 is 19.2 Å². The molecule has 0 amide bonds. The van der Waals surface area contributed by atoms with E-state index < -0.39 is 29.6 Å². The molecule has 0 radical (unpaired) electrons. The molecule has 0 aliphatic rings. The second-order valence-electron chi connectivity index (χ2n) is 6.29. The van der Waals surface area contributed by atoms with E-state index in [1.165, 1.54) is 39.4 Å². The zero-order valence-corrected chi connectivity index (χ0v) is 16.8. The lowest BCUT2D eigenvalue weighted by Crippen LogP contribution is -2.24. The van der Waals surface area contributed by atoms with Crippen LogP contribution in [0.5, 0.6) is 5.75 Å². The van der Waals surface area contributed by atoms with Crippen molar-refractivity contribution in [1.29, 1.82) is 0 Å². The van der Waals surface area contributed by atoms with E-state index in [0.717, 1.165) is 6.08 Å². The van der Waals surface area contributed by atoms with Gasteiger partial charge in [-0.3, -0.25) is 4.79 Å². The number of hydrogen-bond acceptors (Lipinski definition) is 6. The van der Waals surface area contributed by atoms with Gasteiger partial charge in [0.15, 0.2) is 17.7 Å². The van der Waals surface area contributed by atoms with Gasteiger partial charge >= 0.3 is 11.9 Å². The Hall–Kier alpha value is -3.42. The first-order valence-corrected chi connectivity index (χ1v) is 8.73. The first-order chi connectivity index (χ1) is 13.7. The highest BCUT2D eigenvalue weighted by Crippen LogP contribution is 2.21. The summed E-state index contributed by atoms with van der Waals surface area (Å²) in [6.45, 7) is 4.67. The summed E-state index contributed by atoms with van der Waals surface area (Å²) in [6.07, 6.45) is 1.36. The molecule has 0 saturated heterocycles. The van der Waals surface area contributed by atoms with Crippen LogP contribution in [0.4, 0.5) is 4.39 Å². The minimum absolute atomic E-state index is 0.0897. The summed E-state index contributed by atoms with van der Waals surface area (Å²) in [5.41, 5.74) is 1.78. The molecule has 0 aliphatic carbocycles. The first-order valence-electron chi connectivity index (χ1n) is 8.73. The number of ketones is 1. The van der Waals surface area contributed by atoms with Crippen LogP contribution in [-0.4, -0.2) is 43.0 Å². The molecule has 1 heterocycles. The number of hydrogen-bond donors (Lipinski definition) is 1. The molecule has 29 heavy (non-hydrogen) atoms. The Bertz CT molecular complexity index is 976. The number of Topliss-reactive ketones (excluding diaryl/α,β-unsaturated/α-hetero) is 1. The largest absolute Gasteiger partial charge is 0.494 e. The van der Waals surface area contributed by atoms with Gasteiger partial charge in [0.1, 0.15) is 0 Å². The van der Waals surface area contributed by atoms with E-state index in [-0.39, 0.29) is 17.0 Å². The van der Waals surface area contributed by atoms with Crippen LogP contribution in [0.3, 0.4) is 0 Å². The Morgan fingerprint density at radius 3 is 2.45 bits per heavy atom. The first kappa shape index (κ1) is 21.9. The third-order valence-electron chi connectivity index (χ3n) is 4.32. The van der Waals surface area contributed by atoms with Gasteiger partial charge in [-0.25, -0.2) is 14.0 Å². The lowest BCUT2D eigenvalue weighted by Gasteiger charge is -2.10. The number of benzene rings is 1. The number of aryl methyl sites for hydroxylation is 1. The molecule has 1 N–H and O–H groups in total. The number of nitrogens with one attached hydrogen (secondary N) is 1. The molecule has 1 aromatic heterocycles. The predicted octanol–water partition coefficient (Wildman–Crippen LogP) is 3.39. The maximum absolute atomic E-state index is 13.7. The van der Waals surface area contributed by atoms with Crippen LogP contribution in [0.1, 0.15) is 44.6 Å². The normalized spacial score (nSPS) is 11.9. The molecule has 2 aromatic rings. The van der Waals surface area contributed by atoms with Gasteiger partial charge in [0.2, 0.25) is 5.78 Å². The average molecular weight is 403 g/mol. The fourth-order valence-electron chi connectivity index (χ4n) is 2.83. The van der Waals surface area contributed by atoms with E-state index in [0.29, 0.717) is 16.8 Å². The van der Waals surface area contributed by atoms with Gasteiger partial charge in [-0.05, 0) is 50.1 Å². The van der Waals surface area contributed by atoms with E-state index in [1.807, 2.05) is 0 Å². The number of aromatic amines is 1. The lowest BCUT2D eigenvalue weighted by molar-refractivity contribution is -0.140. The summed E-state index contributed by atoms with van der Waals surface area (Å²) < 4.78 is 28.3. The Labute approximate surface area is 167 Å². The number of methoxy groups -OCH3 is 2. The predicted molar refractivity (Wildman–Crippen MR) is 103 cm³/mol. The average Bonchev–Trinajstić information content (AvgIpc) is 2.99. The standard InChI is InChI=1S/C21H22FNO6/c1-11-18(21(26)28-5)12(2)23-19(11)20(25)13(3)29-17(24)9-7-14-6-8-16(27-4)15(22)10-14/h6-10,13,23H,1-5H3/b9-7+/t13-/m1/s1. The summed E-state index contributed by atoms with van der Waals surface area (Å²) in [5, 5.41) is 0. The molecule has 154 valence electrons. The minimum Gasteiger partial charge on any atom is -0.494 e. The van der Waals surface area contributed by atoms with Crippen molar-refractivity contribution in [2.75, 3.05) is 14.2 Å². The van der Waals surface area contributed by atoms with Crippen LogP contribution in [0, 0.1) is 19.7 Å². The highest BCUT2D eigenvalue weighted by Gasteiger charge is 2.26. The Morgan fingerprint density at radius 1 is 1.17 bits per heavy atom. The molecule has 1 atom stereocenters. The van der Waals surface area contributed by atoms with Crippen LogP contribution in [-0.2, 0) is 14.3 Å². The second kappa shape index (κ2) is 9.18. The van der Waals surface area contributed by atoms with Crippen molar-refractivity contribution in [3.05, 3.63) is 58.2 Å². The molecule has 0 fully saturated rings. The molecular weight excluding hydrogens is 381 g/mol. The van der Waals surface area contributed by atoms with Gasteiger partial charge in [0, 0.05) is 11.8 Å². The zero-order chi connectivity index (χ0) is 21.7.